The van der Waals surface area contributed by atoms with E-state index in [1.807, 2.05) is 11.8 Å². The van der Waals surface area contributed by atoms with Crippen LogP contribution in [0.5, 0.6) is 5.75 Å². The third kappa shape index (κ3) is 5.94. The molecule has 0 aliphatic carbocycles. The van der Waals surface area contributed by atoms with E-state index >= 15 is 0 Å². The number of piperidine rings is 1. The van der Waals surface area contributed by atoms with Crippen LogP contribution in [0.25, 0.3) is 0 Å². The number of rotatable bonds is 9. The van der Waals surface area contributed by atoms with Gasteiger partial charge >= 0.3 is 0 Å². The Morgan fingerprint density at radius 2 is 1.86 bits per heavy atom. The van der Waals surface area contributed by atoms with Crippen LogP contribution in [0.2, 0.25) is 0 Å². The largest absolute Gasteiger partial charge is 0.497 e. The Morgan fingerprint density at radius 1 is 1.11 bits per heavy atom. The van der Waals surface area contributed by atoms with Crippen LogP contribution in [0.4, 0.5) is 5.82 Å². The van der Waals surface area contributed by atoms with Crippen molar-refractivity contribution in [1.29, 1.82) is 0 Å². The van der Waals surface area contributed by atoms with E-state index in [0.717, 1.165) is 17.8 Å². The highest BCUT2D eigenvalue weighted by molar-refractivity contribution is 7.10. The Balaban J connectivity index is 1.24. The molecule has 3 aromatic rings. The van der Waals surface area contributed by atoms with Crippen LogP contribution in [0.3, 0.4) is 0 Å². The highest BCUT2D eigenvalue weighted by Crippen LogP contribution is 2.31. The molecule has 1 saturated heterocycles. The molecule has 0 saturated carbocycles. The lowest BCUT2D eigenvalue weighted by Crippen LogP contribution is -2.38. The first-order chi connectivity index (χ1) is 17.0. The summed E-state index contributed by atoms with van der Waals surface area (Å²) < 4.78 is 6.82. The minimum absolute atomic E-state index is 0.00273. The maximum absolute atomic E-state index is 12.7. The van der Waals surface area contributed by atoms with Crippen molar-refractivity contribution in [3.05, 3.63) is 58.2 Å². The number of carbonyl (C=O) groups excluding carboxylic acids is 3. The van der Waals surface area contributed by atoms with E-state index in [9.17, 15) is 14.4 Å². The lowest BCUT2D eigenvalue weighted by molar-refractivity contribution is -0.132. The summed E-state index contributed by atoms with van der Waals surface area (Å²) in [6.45, 7) is 3.87. The van der Waals surface area contributed by atoms with Gasteiger partial charge in [0.05, 0.1) is 18.3 Å². The molecule has 9 nitrogen and oxygen atoms in total. The molecule has 3 heterocycles. The summed E-state index contributed by atoms with van der Waals surface area (Å²) in [4.78, 5) is 44.0. The van der Waals surface area contributed by atoms with Crippen molar-refractivity contribution in [1.82, 2.24) is 19.7 Å². The third-order valence-electron chi connectivity index (χ3n) is 6.19. The number of ether oxygens (including phenoxy) is 1. The zero-order chi connectivity index (χ0) is 24.8. The van der Waals surface area contributed by atoms with Crippen LogP contribution >= 0.6 is 11.3 Å². The summed E-state index contributed by atoms with van der Waals surface area (Å²) in [7, 11) is 1.58. The van der Waals surface area contributed by atoms with Crippen LogP contribution in [-0.2, 0) is 11.3 Å². The van der Waals surface area contributed by atoms with Crippen molar-refractivity contribution in [2.24, 2.45) is 0 Å². The van der Waals surface area contributed by atoms with Gasteiger partial charge in [-0.3, -0.25) is 14.4 Å². The van der Waals surface area contributed by atoms with Crippen molar-refractivity contribution in [3.8, 4) is 5.75 Å². The molecule has 184 valence electrons. The summed E-state index contributed by atoms with van der Waals surface area (Å²) in [5.41, 5.74) is 0.976. The molecule has 1 aliphatic rings. The first kappa shape index (κ1) is 24.6. The molecule has 4 rings (SSSR count). The SMILES string of the molecule is CCn1nccc1NC(=O)c1csc(C2CCN(C(=O)CCC(=O)c3ccc(OC)cc3)CC2)n1. The first-order valence-electron chi connectivity index (χ1n) is 11.7. The van der Waals surface area contributed by atoms with Crippen molar-refractivity contribution < 1.29 is 19.1 Å². The van der Waals surface area contributed by atoms with Crippen LogP contribution < -0.4 is 10.1 Å². The van der Waals surface area contributed by atoms with Gasteiger partial charge in [-0.1, -0.05) is 0 Å². The standard InChI is InChI=1S/C25H29N5O4S/c1-3-30-22(10-13-26-30)28-24(33)20-16-35-25(27-20)18-11-14-29(15-12-18)23(32)9-8-21(31)17-4-6-19(34-2)7-5-17/h4-7,10,13,16,18H,3,8-9,11-12,14-15H2,1-2H3,(H,28,33). The van der Waals surface area contributed by atoms with Crippen LogP contribution in [-0.4, -0.2) is 57.5 Å². The fraction of sp³-hybridized carbons (Fsp3) is 0.400. The van der Waals surface area contributed by atoms with E-state index in [1.165, 1.54) is 11.3 Å². The monoisotopic (exact) mass is 495 g/mol. The topological polar surface area (TPSA) is 106 Å². The third-order valence-corrected chi connectivity index (χ3v) is 7.19. The van der Waals surface area contributed by atoms with Gasteiger partial charge in [0, 0.05) is 55.4 Å². The molecule has 1 aromatic carbocycles. The van der Waals surface area contributed by atoms with Gasteiger partial charge in [0.25, 0.3) is 5.91 Å². The second-order valence-electron chi connectivity index (χ2n) is 8.36. The quantitative estimate of drug-likeness (QED) is 0.450. The average molecular weight is 496 g/mol. The predicted molar refractivity (Wildman–Crippen MR) is 133 cm³/mol. The number of nitrogens with zero attached hydrogens (tertiary/aromatic N) is 4. The Hall–Kier alpha value is -3.53. The number of nitrogens with one attached hydrogen (secondary N) is 1. The Bertz CT molecular complexity index is 1180. The molecule has 1 fully saturated rings. The van der Waals surface area contributed by atoms with Crippen LogP contribution in [0, 0.1) is 0 Å². The number of benzene rings is 1. The lowest BCUT2D eigenvalue weighted by Gasteiger charge is -2.31. The molecule has 1 N–H and O–H groups in total. The molecule has 0 bridgehead atoms. The summed E-state index contributed by atoms with van der Waals surface area (Å²) >= 11 is 1.48. The maximum atomic E-state index is 12.7. The minimum Gasteiger partial charge on any atom is -0.497 e. The molecular formula is C25H29N5O4S. The number of methoxy groups -OCH3 is 1. The molecule has 2 amide bonds. The highest BCUT2D eigenvalue weighted by atomic mass is 32.1. The van der Waals surface area contributed by atoms with Gasteiger partial charge in [-0.05, 0) is 44.0 Å². The second-order valence-corrected chi connectivity index (χ2v) is 9.25. The number of ketones is 1. The number of anilines is 1. The summed E-state index contributed by atoms with van der Waals surface area (Å²) in [5, 5.41) is 9.71. The fourth-order valence-corrected chi connectivity index (χ4v) is 5.10. The summed E-state index contributed by atoms with van der Waals surface area (Å²) in [5.74, 6) is 1.25. The van der Waals surface area contributed by atoms with E-state index < -0.39 is 0 Å². The van der Waals surface area contributed by atoms with Crippen LogP contribution in [0.1, 0.15) is 64.4 Å². The molecule has 35 heavy (non-hydrogen) atoms. The number of amides is 2. The summed E-state index contributed by atoms with van der Waals surface area (Å²) in [6, 6.07) is 8.68. The second kappa shape index (κ2) is 11.3. The molecule has 0 unspecified atom stereocenters. The highest BCUT2D eigenvalue weighted by Gasteiger charge is 2.26. The number of aryl methyl sites for hydroxylation is 1. The zero-order valence-electron chi connectivity index (χ0n) is 19.9. The molecule has 2 aromatic heterocycles. The number of carbonyl (C=O) groups is 3. The fourth-order valence-electron chi connectivity index (χ4n) is 4.13. The van der Waals surface area contributed by atoms with Crippen molar-refractivity contribution in [2.45, 2.75) is 45.1 Å². The van der Waals surface area contributed by atoms with Gasteiger partial charge in [0.2, 0.25) is 5.91 Å². The van der Waals surface area contributed by atoms with E-state index in [4.69, 9.17) is 4.74 Å². The smallest absolute Gasteiger partial charge is 0.276 e. The van der Waals surface area contributed by atoms with Gasteiger partial charge in [0.1, 0.15) is 17.3 Å². The molecule has 1 aliphatic heterocycles. The molecular weight excluding hydrogens is 466 g/mol. The van der Waals surface area contributed by atoms with Crippen molar-refractivity contribution >= 4 is 34.8 Å². The number of Topliss-reactive ketones (excluding diaryl/α,β-unsaturated/α-hetero) is 1. The summed E-state index contributed by atoms with van der Waals surface area (Å²) in [6.07, 6.45) is 3.61. The van der Waals surface area contributed by atoms with Crippen molar-refractivity contribution in [2.75, 3.05) is 25.5 Å². The van der Waals surface area contributed by atoms with Gasteiger partial charge in [-0.2, -0.15) is 5.10 Å². The van der Waals surface area contributed by atoms with E-state index in [-0.39, 0.29) is 36.4 Å². The van der Waals surface area contributed by atoms with Gasteiger partial charge in [-0.15, -0.1) is 11.3 Å². The first-order valence-corrected chi connectivity index (χ1v) is 12.6. The number of aromatic nitrogens is 3. The lowest BCUT2D eigenvalue weighted by atomic mass is 9.97. The van der Waals surface area contributed by atoms with Gasteiger partial charge in [-0.25, -0.2) is 9.67 Å². The van der Waals surface area contributed by atoms with Crippen molar-refractivity contribution in [3.63, 3.8) is 0 Å². The molecule has 0 atom stereocenters. The maximum Gasteiger partial charge on any atom is 0.276 e. The van der Waals surface area contributed by atoms with Gasteiger partial charge < -0.3 is 15.0 Å². The zero-order valence-corrected chi connectivity index (χ0v) is 20.7. The Kier molecular flexibility index (Phi) is 7.91. The number of thiazole rings is 1. The van der Waals surface area contributed by atoms with E-state index in [2.05, 4.69) is 15.4 Å². The Labute approximate surface area is 208 Å². The Morgan fingerprint density at radius 3 is 2.54 bits per heavy atom. The number of hydrogen-bond donors (Lipinski definition) is 1. The molecule has 0 radical (unpaired) electrons. The molecule has 0 spiro atoms. The van der Waals surface area contributed by atoms with Crippen LogP contribution in [0.15, 0.2) is 41.9 Å². The normalized spacial score (nSPS) is 14.1. The van der Waals surface area contributed by atoms with E-state index in [1.54, 1.807) is 53.7 Å². The van der Waals surface area contributed by atoms with E-state index in [0.29, 0.717) is 42.5 Å². The number of hydrogen-bond acceptors (Lipinski definition) is 7. The van der Waals surface area contributed by atoms with Gasteiger partial charge in [0.15, 0.2) is 5.78 Å². The molecule has 10 heteroatoms. The predicted octanol–water partition coefficient (Wildman–Crippen LogP) is 3.99. The minimum atomic E-state index is -0.253. The average Bonchev–Trinajstić information content (AvgIpc) is 3.57. The number of likely N-dealkylation sites (tertiary alicyclic amines) is 1.